The highest BCUT2D eigenvalue weighted by molar-refractivity contribution is 6.33. The molecule has 0 amide bonds. The summed E-state index contributed by atoms with van der Waals surface area (Å²) in [6, 6.07) is 3.33. The molecule has 0 saturated heterocycles. The predicted octanol–water partition coefficient (Wildman–Crippen LogP) is 3.41. The summed E-state index contributed by atoms with van der Waals surface area (Å²) in [5.41, 5.74) is 2.02. The van der Waals surface area contributed by atoms with Gasteiger partial charge >= 0.3 is 0 Å². The maximum absolute atomic E-state index is 6.18. The Hall–Kier alpha value is -1.92. The van der Waals surface area contributed by atoms with Gasteiger partial charge in [-0.15, -0.1) is 0 Å². The molecule has 1 aromatic carbocycles. The van der Waals surface area contributed by atoms with Crippen LogP contribution in [0.3, 0.4) is 0 Å². The van der Waals surface area contributed by atoms with Crippen LogP contribution >= 0.6 is 23.2 Å². The van der Waals surface area contributed by atoms with Gasteiger partial charge in [0.15, 0.2) is 5.75 Å². The molecule has 0 bridgehead atoms. The molecule has 3 aromatic rings. The van der Waals surface area contributed by atoms with Crippen molar-refractivity contribution in [3.63, 3.8) is 0 Å². The van der Waals surface area contributed by atoms with Gasteiger partial charge in [-0.25, -0.2) is 9.97 Å². The molecule has 20 heavy (non-hydrogen) atoms. The summed E-state index contributed by atoms with van der Waals surface area (Å²) in [6.45, 7) is 1.95. The summed E-state index contributed by atoms with van der Waals surface area (Å²) in [5, 5.41) is 11.2. The number of nitrogens with one attached hydrogen (secondary N) is 1. The van der Waals surface area contributed by atoms with Crippen LogP contribution in [-0.2, 0) is 6.42 Å². The number of aromatic amines is 1. The highest BCUT2D eigenvalue weighted by Crippen LogP contribution is 2.34. The lowest BCUT2D eigenvalue weighted by Gasteiger charge is -2.09. The molecule has 1 N–H and O–H groups in total. The molecule has 0 atom stereocenters. The molecular weight excluding hydrogens is 301 g/mol. The SMILES string of the molecule is CCc1ncnc(Oc2cc3n[nH]nc3cc2Cl)c1Cl. The third-order valence-electron chi connectivity index (χ3n) is 2.74. The van der Waals surface area contributed by atoms with Crippen molar-refractivity contribution in [2.24, 2.45) is 0 Å². The monoisotopic (exact) mass is 309 g/mol. The second-order valence-electron chi connectivity index (χ2n) is 3.99. The number of halogens is 2. The molecule has 3 rings (SSSR count). The van der Waals surface area contributed by atoms with Crippen LogP contribution < -0.4 is 4.74 Å². The van der Waals surface area contributed by atoms with Crippen molar-refractivity contribution >= 4 is 34.2 Å². The van der Waals surface area contributed by atoms with E-state index >= 15 is 0 Å². The Balaban J connectivity index is 2.02. The van der Waals surface area contributed by atoms with Gasteiger partial charge in [0.1, 0.15) is 22.4 Å². The number of rotatable bonds is 3. The van der Waals surface area contributed by atoms with Gasteiger partial charge < -0.3 is 4.74 Å². The van der Waals surface area contributed by atoms with E-state index in [9.17, 15) is 0 Å². The minimum Gasteiger partial charge on any atom is -0.436 e. The molecule has 102 valence electrons. The molecule has 0 radical (unpaired) electrons. The second-order valence-corrected chi connectivity index (χ2v) is 4.78. The molecule has 0 spiro atoms. The van der Waals surface area contributed by atoms with Crippen LogP contribution in [0.5, 0.6) is 11.6 Å². The molecule has 2 aromatic heterocycles. The smallest absolute Gasteiger partial charge is 0.241 e. The summed E-state index contributed by atoms with van der Waals surface area (Å²) in [7, 11) is 0. The zero-order valence-electron chi connectivity index (χ0n) is 10.4. The summed E-state index contributed by atoms with van der Waals surface area (Å²) in [5.74, 6) is 0.680. The van der Waals surface area contributed by atoms with Crippen LogP contribution in [0.4, 0.5) is 0 Å². The standard InChI is InChI=1S/C12H9Cl2N5O/c1-2-7-11(14)12(16-5-15-7)20-10-4-9-8(3-6(10)13)17-19-18-9/h3-5H,2H2,1H3,(H,17,18,19). The minimum absolute atomic E-state index is 0.267. The molecule has 0 unspecified atom stereocenters. The number of H-pyrrole nitrogens is 1. The summed E-state index contributed by atoms with van der Waals surface area (Å²) >= 11 is 12.3. The fraction of sp³-hybridized carbons (Fsp3) is 0.167. The molecule has 0 saturated carbocycles. The van der Waals surface area contributed by atoms with Gasteiger partial charge in [0.2, 0.25) is 5.88 Å². The number of benzene rings is 1. The molecule has 0 aliphatic rings. The lowest BCUT2D eigenvalue weighted by molar-refractivity contribution is 0.461. The third-order valence-corrected chi connectivity index (χ3v) is 3.42. The van der Waals surface area contributed by atoms with Crippen molar-refractivity contribution in [1.82, 2.24) is 25.4 Å². The zero-order chi connectivity index (χ0) is 14.1. The van der Waals surface area contributed by atoms with Crippen molar-refractivity contribution in [2.75, 3.05) is 0 Å². The van der Waals surface area contributed by atoms with E-state index < -0.39 is 0 Å². The Morgan fingerprint density at radius 3 is 2.65 bits per heavy atom. The van der Waals surface area contributed by atoms with Crippen LogP contribution in [-0.4, -0.2) is 25.4 Å². The first-order valence-corrected chi connectivity index (χ1v) is 6.62. The van der Waals surface area contributed by atoms with Gasteiger partial charge in [0, 0.05) is 6.07 Å². The van der Waals surface area contributed by atoms with E-state index in [1.54, 1.807) is 12.1 Å². The number of hydrogen-bond acceptors (Lipinski definition) is 5. The average Bonchev–Trinajstić information content (AvgIpc) is 2.88. The van der Waals surface area contributed by atoms with E-state index in [4.69, 9.17) is 27.9 Å². The van der Waals surface area contributed by atoms with E-state index in [1.165, 1.54) is 6.33 Å². The Labute approximate surface area is 124 Å². The minimum atomic E-state index is 0.267. The molecule has 8 heteroatoms. The first kappa shape index (κ1) is 13.1. The maximum Gasteiger partial charge on any atom is 0.241 e. The van der Waals surface area contributed by atoms with Crippen LogP contribution in [0.2, 0.25) is 10.0 Å². The first-order valence-electron chi connectivity index (χ1n) is 5.86. The topological polar surface area (TPSA) is 76.6 Å². The van der Waals surface area contributed by atoms with Gasteiger partial charge in [-0.3, -0.25) is 0 Å². The maximum atomic E-state index is 6.18. The first-order chi connectivity index (χ1) is 9.69. The Kier molecular flexibility index (Phi) is 3.42. The van der Waals surface area contributed by atoms with Crippen LogP contribution in [0.25, 0.3) is 11.0 Å². The summed E-state index contributed by atoms with van der Waals surface area (Å²) < 4.78 is 5.66. The van der Waals surface area contributed by atoms with Crippen molar-refractivity contribution in [1.29, 1.82) is 0 Å². The second kappa shape index (κ2) is 5.22. The van der Waals surface area contributed by atoms with Crippen molar-refractivity contribution in [2.45, 2.75) is 13.3 Å². The van der Waals surface area contributed by atoms with Crippen molar-refractivity contribution in [3.8, 4) is 11.6 Å². The van der Waals surface area contributed by atoms with Gasteiger partial charge in [0.25, 0.3) is 0 Å². The lowest BCUT2D eigenvalue weighted by Crippen LogP contribution is -1.96. The van der Waals surface area contributed by atoms with E-state index in [0.717, 1.165) is 5.69 Å². The number of ether oxygens (including phenoxy) is 1. The zero-order valence-corrected chi connectivity index (χ0v) is 11.9. The average molecular weight is 310 g/mol. The molecule has 0 aliphatic heterocycles. The van der Waals surface area contributed by atoms with Crippen molar-refractivity contribution in [3.05, 3.63) is 34.2 Å². The van der Waals surface area contributed by atoms with E-state index in [1.807, 2.05) is 6.92 Å². The molecule has 0 fully saturated rings. The van der Waals surface area contributed by atoms with Crippen LogP contribution in [0.1, 0.15) is 12.6 Å². The number of aromatic nitrogens is 5. The van der Waals surface area contributed by atoms with E-state index in [-0.39, 0.29) is 5.88 Å². The normalized spacial score (nSPS) is 10.9. The Morgan fingerprint density at radius 1 is 1.15 bits per heavy atom. The Morgan fingerprint density at radius 2 is 1.90 bits per heavy atom. The molecular formula is C12H9Cl2N5O. The summed E-state index contributed by atoms with van der Waals surface area (Å²) in [6.07, 6.45) is 2.09. The van der Waals surface area contributed by atoms with E-state index in [0.29, 0.717) is 33.2 Å². The van der Waals surface area contributed by atoms with Gasteiger partial charge in [-0.2, -0.15) is 15.4 Å². The fourth-order valence-electron chi connectivity index (χ4n) is 1.73. The Bertz CT molecular complexity index is 774. The predicted molar refractivity (Wildman–Crippen MR) is 75.4 cm³/mol. The van der Waals surface area contributed by atoms with Crippen LogP contribution in [0.15, 0.2) is 18.5 Å². The highest BCUT2D eigenvalue weighted by Gasteiger charge is 2.13. The lowest BCUT2D eigenvalue weighted by atomic mass is 10.3. The fourth-order valence-corrected chi connectivity index (χ4v) is 2.20. The number of fused-ring (bicyclic) bond motifs is 1. The largest absolute Gasteiger partial charge is 0.436 e. The number of aryl methyl sites for hydroxylation is 1. The molecule has 0 aliphatic carbocycles. The molecule has 6 nitrogen and oxygen atoms in total. The summed E-state index contributed by atoms with van der Waals surface area (Å²) in [4.78, 5) is 8.10. The highest BCUT2D eigenvalue weighted by atomic mass is 35.5. The van der Waals surface area contributed by atoms with Crippen molar-refractivity contribution < 1.29 is 4.74 Å². The number of hydrogen-bond donors (Lipinski definition) is 1. The third kappa shape index (κ3) is 2.28. The van der Waals surface area contributed by atoms with E-state index in [2.05, 4.69) is 25.4 Å². The quantitative estimate of drug-likeness (QED) is 0.802. The van der Waals surface area contributed by atoms with Gasteiger partial charge in [-0.05, 0) is 12.5 Å². The van der Waals surface area contributed by atoms with Crippen LogP contribution in [0, 0.1) is 0 Å². The molecule has 2 heterocycles. The number of nitrogens with zero attached hydrogens (tertiary/aromatic N) is 4. The van der Waals surface area contributed by atoms with Gasteiger partial charge in [-0.1, -0.05) is 30.1 Å². The van der Waals surface area contributed by atoms with Gasteiger partial charge in [0.05, 0.1) is 10.7 Å².